The molecule has 6 rings (SSSR count). The Kier molecular flexibility index (Phi) is 7.80. The lowest BCUT2D eigenvalue weighted by molar-refractivity contribution is -0.172. The number of hydrogen-bond donors (Lipinski definition) is 1. The zero-order valence-corrected chi connectivity index (χ0v) is 27.0. The quantitative estimate of drug-likeness (QED) is 0.333. The van der Waals surface area contributed by atoms with Gasteiger partial charge in [-0.05, 0) is 65.6 Å². The van der Waals surface area contributed by atoms with Gasteiger partial charge in [0.25, 0.3) is 5.56 Å². The number of esters is 1. The van der Waals surface area contributed by atoms with Crippen LogP contribution in [0.2, 0.25) is 0 Å². The van der Waals surface area contributed by atoms with Crippen LogP contribution in [-0.4, -0.2) is 93.4 Å². The number of cyclic esters (lactones) is 1. The van der Waals surface area contributed by atoms with E-state index >= 15 is 0 Å². The van der Waals surface area contributed by atoms with Crippen molar-refractivity contribution in [3.63, 3.8) is 0 Å². The van der Waals surface area contributed by atoms with Crippen LogP contribution in [0.25, 0.3) is 22.3 Å². The molecular weight excluding hydrogens is 594 g/mol. The molecule has 3 aromatic rings. The predicted molar refractivity (Wildman–Crippen MR) is 167 cm³/mol. The van der Waals surface area contributed by atoms with Gasteiger partial charge in [0.05, 0.1) is 29.0 Å². The lowest BCUT2D eigenvalue weighted by Gasteiger charge is -2.35. The van der Waals surface area contributed by atoms with Crippen LogP contribution in [0.15, 0.2) is 29.1 Å². The van der Waals surface area contributed by atoms with Crippen molar-refractivity contribution in [1.82, 2.24) is 24.3 Å². The van der Waals surface area contributed by atoms with E-state index < -0.39 is 29.4 Å². The number of aliphatic hydroxyl groups is 1. The van der Waals surface area contributed by atoms with Gasteiger partial charge in [0, 0.05) is 54.8 Å². The normalized spacial score (nSPS) is 19.1. The van der Waals surface area contributed by atoms with E-state index in [0.29, 0.717) is 55.4 Å². The molecule has 0 radical (unpaired) electrons. The van der Waals surface area contributed by atoms with Crippen molar-refractivity contribution in [3.05, 3.63) is 56.9 Å². The highest BCUT2D eigenvalue weighted by molar-refractivity contribution is 5.90. The first-order valence-electron chi connectivity index (χ1n) is 15.4. The highest BCUT2D eigenvalue weighted by atomic mass is 16.6. The van der Waals surface area contributed by atoms with Crippen molar-refractivity contribution in [2.24, 2.45) is 0 Å². The van der Waals surface area contributed by atoms with Crippen LogP contribution in [0, 0.1) is 0 Å². The Bertz CT molecular complexity index is 1820. The van der Waals surface area contributed by atoms with Crippen LogP contribution >= 0.6 is 0 Å². The maximum Gasteiger partial charge on any atom is 0.415 e. The topological polar surface area (TPSA) is 144 Å². The molecule has 13 heteroatoms. The van der Waals surface area contributed by atoms with E-state index in [-0.39, 0.29) is 36.3 Å². The maximum absolute atomic E-state index is 13.6. The Hall–Kier alpha value is -4.49. The molecular formula is C33H39N5O8. The zero-order valence-electron chi connectivity index (χ0n) is 27.0. The maximum atomic E-state index is 13.6. The number of fused-ring (bicyclic) bond motifs is 5. The van der Waals surface area contributed by atoms with Crippen molar-refractivity contribution in [3.8, 4) is 17.1 Å². The minimum atomic E-state index is -1.90. The average molecular weight is 634 g/mol. The summed E-state index contributed by atoms with van der Waals surface area (Å²) in [5, 5.41) is 11.9. The molecule has 0 saturated carbocycles. The van der Waals surface area contributed by atoms with Crippen LogP contribution in [0.1, 0.15) is 56.4 Å². The molecule has 1 aromatic carbocycles. The summed E-state index contributed by atoms with van der Waals surface area (Å²) in [5.74, 6) is -0.369. The van der Waals surface area contributed by atoms with E-state index in [1.807, 2.05) is 45.8 Å². The van der Waals surface area contributed by atoms with Crippen molar-refractivity contribution in [2.75, 3.05) is 40.3 Å². The molecule has 13 nitrogen and oxygen atoms in total. The van der Waals surface area contributed by atoms with Gasteiger partial charge in [-0.15, -0.1) is 0 Å². The molecule has 244 valence electrons. The number of carbonyl (C=O) groups is 3. The Labute approximate surface area is 266 Å². The zero-order chi connectivity index (χ0) is 33.1. The molecule has 0 bridgehead atoms. The summed E-state index contributed by atoms with van der Waals surface area (Å²) in [7, 11) is 3.83. The van der Waals surface area contributed by atoms with Crippen LogP contribution in [0.3, 0.4) is 0 Å². The van der Waals surface area contributed by atoms with Crippen molar-refractivity contribution in [2.45, 2.75) is 65.0 Å². The second kappa shape index (κ2) is 11.4. The number of carbonyl (C=O) groups excluding carboxylic acids is 3. The predicted octanol–water partition coefficient (Wildman–Crippen LogP) is 3.19. The van der Waals surface area contributed by atoms with Crippen LogP contribution in [-0.2, 0) is 39.6 Å². The summed E-state index contributed by atoms with van der Waals surface area (Å²) < 4.78 is 18.2. The van der Waals surface area contributed by atoms with Gasteiger partial charge in [-0.25, -0.2) is 19.4 Å². The molecule has 0 unspecified atom stereocenters. The van der Waals surface area contributed by atoms with Crippen LogP contribution < -0.4 is 10.3 Å². The smallest absolute Gasteiger partial charge is 0.415 e. The summed E-state index contributed by atoms with van der Waals surface area (Å²) in [6.45, 7) is 8.91. The Morgan fingerprint density at radius 3 is 2.37 bits per heavy atom. The van der Waals surface area contributed by atoms with E-state index in [0.717, 1.165) is 16.5 Å². The van der Waals surface area contributed by atoms with Gasteiger partial charge in [0.1, 0.15) is 18.0 Å². The van der Waals surface area contributed by atoms with Crippen LogP contribution in [0.4, 0.5) is 9.59 Å². The van der Waals surface area contributed by atoms with E-state index in [1.54, 1.807) is 39.5 Å². The van der Waals surface area contributed by atoms with Crippen molar-refractivity contribution >= 4 is 29.1 Å². The lowest BCUT2D eigenvalue weighted by atomic mass is 9.86. The first-order valence-corrected chi connectivity index (χ1v) is 15.4. The minimum Gasteiger partial charge on any atom is -0.458 e. The number of rotatable bonds is 4. The Morgan fingerprint density at radius 2 is 1.74 bits per heavy atom. The van der Waals surface area contributed by atoms with Gasteiger partial charge >= 0.3 is 18.2 Å². The number of nitrogens with zero attached hydrogens (tertiary/aromatic N) is 5. The third-order valence-corrected chi connectivity index (χ3v) is 8.62. The van der Waals surface area contributed by atoms with Gasteiger partial charge in [-0.3, -0.25) is 4.79 Å². The summed E-state index contributed by atoms with van der Waals surface area (Å²) in [5.41, 5.74) is 1.01. The van der Waals surface area contributed by atoms with E-state index in [1.165, 1.54) is 0 Å². The minimum absolute atomic E-state index is 0.0640. The summed E-state index contributed by atoms with van der Waals surface area (Å²) in [6, 6.07) is 7.14. The number of aromatic nitrogens is 2. The van der Waals surface area contributed by atoms with Gasteiger partial charge in [-0.1, -0.05) is 6.92 Å². The fraction of sp³-hybridized carbons (Fsp3) is 0.485. The molecule has 2 aromatic heterocycles. The molecule has 3 aliphatic rings. The number of piperazine rings is 1. The fourth-order valence-electron chi connectivity index (χ4n) is 6.22. The number of pyridine rings is 2. The third kappa shape index (κ3) is 5.47. The fourth-order valence-corrected chi connectivity index (χ4v) is 6.22. The molecule has 0 aliphatic carbocycles. The number of hydrogen-bond acceptors (Lipinski definition) is 10. The highest BCUT2D eigenvalue weighted by Gasteiger charge is 2.45. The van der Waals surface area contributed by atoms with Crippen molar-refractivity contribution in [1.29, 1.82) is 0 Å². The SMILES string of the molecule is CC[C@@]1(O)C(=O)OCc2c1cc1n(c2=O)Cc2cc3c(CN(C)C)c(OC(=O)N4CCN(C(=O)OC(C)(C)C)CC4)ccc3nc2-1. The Morgan fingerprint density at radius 1 is 1.07 bits per heavy atom. The lowest BCUT2D eigenvalue weighted by Crippen LogP contribution is -2.52. The highest BCUT2D eigenvalue weighted by Crippen LogP contribution is 2.40. The standard InChI is InChI=1S/C33H39N5O8/c1-7-33(43)23-15-25-27-19(16-38(25)28(39)22(23)18-44-29(33)40)14-20-21(17-35(5)6)26(9-8-24(20)34-27)45-30(41)36-10-12-37(13-11-36)31(42)46-32(2,3)4/h8-9,14-15,43H,7,10-13,16-18H2,1-6H3/t33-/m0/s1. The summed E-state index contributed by atoms with van der Waals surface area (Å²) in [6.07, 6.45) is -0.855. The number of ether oxygens (including phenoxy) is 3. The monoisotopic (exact) mass is 633 g/mol. The van der Waals surface area contributed by atoms with Gasteiger partial charge in [-0.2, -0.15) is 0 Å². The molecule has 1 saturated heterocycles. The molecule has 2 amide bonds. The van der Waals surface area contributed by atoms with Crippen molar-refractivity contribution < 1.29 is 33.7 Å². The molecule has 3 aliphatic heterocycles. The number of benzene rings is 1. The van der Waals surface area contributed by atoms with E-state index in [2.05, 4.69) is 0 Å². The van der Waals surface area contributed by atoms with Gasteiger partial charge in [0.15, 0.2) is 5.60 Å². The second-order valence-corrected chi connectivity index (χ2v) is 13.3. The van der Waals surface area contributed by atoms with Gasteiger partial charge < -0.3 is 38.6 Å². The third-order valence-electron chi connectivity index (χ3n) is 8.62. The molecule has 0 spiro atoms. The second-order valence-electron chi connectivity index (χ2n) is 13.3. The summed E-state index contributed by atoms with van der Waals surface area (Å²) >= 11 is 0. The molecule has 1 N–H and O–H groups in total. The van der Waals surface area contributed by atoms with Gasteiger partial charge in [0.2, 0.25) is 0 Å². The first-order chi connectivity index (χ1) is 21.7. The number of amides is 2. The molecule has 1 fully saturated rings. The average Bonchev–Trinajstić information content (AvgIpc) is 3.36. The summed E-state index contributed by atoms with van der Waals surface area (Å²) in [4.78, 5) is 61.9. The first kappa shape index (κ1) is 31.5. The molecule has 46 heavy (non-hydrogen) atoms. The molecule has 1 atom stereocenters. The van der Waals surface area contributed by atoms with E-state index in [4.69, 9.17) is 19.2 Å². The largest absolute Gasteiger partial charge is 0.458 e. The van der Waals surface area contributed by atoms with Crippen LogP contribution in [0.5, 0.6) is 5.75 Å². The van der Waals surface area contributed by atoms with E-state index in [9.17, 15) is 24.3 Å². The Balaban J connectivity index is 1.30. The molecule has 5 heterocycles.